The first-order valence-corrected chi connectivity index (χ1v) is 8.94. The number of aromatic nitrogens is 2. The van der Waals surface area contributed by atoms with Gasteiger partial charge in [-0.15, -0.1) is 0 Å². The maximum Gasteiger partial charge on any atom is 0.315 e. The van der Waals surface area contributed by atoms with Crippen LogP contribution >= 0.6 is 0 Å². The smallest absolute Gasteiger partial charge is 0.315 e. The van der Waals surface area contributed by atoms with Crippen LogP contribution in [0.25, 0.3) is 5.65 Å². The summed E-state index contributed by atoms with van der Waals surface area (Å²) < 4.78 is 1.94. The molecule has 1 aromatic carbocycles. The lowest BCUT2D eigenvalue weighted by Gasteiger charge is -2.19. The van der Waals surface area contributed by atoms with Gasteiger partial charge in [0.1, 0.15) is 5.65 Å². The van der Waals surface area contributed by atoms with E-state index in [1.54, 1.807) is 6.20 Å². The van der Waals surface area contributed by atoms with Crippen LogP contribution in [0.3, 0.4) is 0 Å². The van der Waals surface area contributed by atoms with E-state index in [0.717, 1.165) is 17.6 Å². The normalized spacial score (nSPS) is 11.5. The Kier molecular flexibility index (Phi) is 5.26. The highest BCUT2D eigenvalue weighted by atomic mass is 16.2. The van der Waals surface area contributed by atoms with E-state index in [0.29, 0.717) is 13.1 Å². The van der Waals surface area contributed by atoms with Gasteiger partial charge in [-0.1, -0.05) is 45.0 Å². The summed E-state index contributed by atoms with van der Waals surface area (Å²) in [6, 6.07) is 12.4. The summed E-state index contributed by atoms with van der Waals surface area (Å²) in [5.41, 5.74) is 4.59. The highest BCUT2D eigenvalue weighted by molar-refractivity contribution is 5.73. The van der Waals surface area contributed by atoms with Gasteiger partial charge in [0.05, 0.1) is 0 Å². The zero-order valence-electron chi connectivity index (χ0n) is 15.6. The molecule has 0 saturated heterocycles. The molecule has 0 bridgehead atoms. The van der Waals surface area contributed by atoms with Gasteiger partial charge in [-0.25, -0.2) is 9.78 Å². The average Bonchev–Trinajstić information content (AvgIpc) is 3.07. The second kappa shape index (κ2) is 7.60. The quantitative estimate of drug-likeness (QED) is 0.737. The number of nitrogens with one attached hydrogen (secondary N) is 2. The third-order valence-corrected chi connectivity index (χ3v) is 4.41. The van der Waals surface area contributed by atoms with Gasteiger partial charge in [-0.05, 0) is 40.7 Å². The Morgan fingerprint density at radius 1 is 1.08 bits per heavy atom. The molecule has 2 aromatic heterocycles. The van der Waals surface area contributed by atoms with E-state index in [1.165, 1.54) is 11.1 Å². The number of imidazole rings is 1. The monoisotopic (exact) mass is 350 g/mol. The maximum atomic E-state index is 12.0. The minimum absolute atomic E-state index is 0.136. The van der Waals surface area contributed by atoms with Crippen molar-refractivity contribution in [3.63, 3.8) is 0 Å². The van der Waals surface area contributed by atoms with Gasteiger partial charge < -0.3 is 15.0 Å². The second-order valence-electron chi connectivity index (χ2n) is 7.54. The molecule has 0 aliphatic heterocycles. The summed E-state index contributed by atoms with van der Waals surface area (Å²) in [7, 11) is 0. The molecule has 0 atom stereocenters. The van der Waals surface area contributed by atoms with Crippen molar-refractivity contribution in [1.82, 2.24) is 20.0 Å². The Morgan fingerprint density at radius 3 is 2.73 bits per heavy atom. The number of amides is 2. The third kappa shape index (κ3) is 4.63. The third-order valence-electron chi connectivity index (χ3n) is 4.41. The number of pyridine rings is 1. The minimum atomic E-state index is -0.153. The van der Waals surface area contributed by atoms with Crippen molar-refractivity contribution < 1.29 is 4.79 Å². The fourth-order valence-electron chi connectivity index (χ4n) is 2.82. The van der Waals surface area contributed by atoms with E-state index >= 15 is 0 Å². The number of carbonyl (C=O) groups excluding carboxylic acids is 1. The van der Waals surface area contributed by atoms with Crippen molar-refractivity contribution >= 4 is 11.7 Å². The number of hydrogen-bond donors (Lipinski definition) is 2. The number of hydrogen-bond acceptors (Lipinski definition) is 2. The molecule has 0 fully saturated rings. The van der Waals surface area contributed by atoms with Gasteiger partial charge in [0.25, 0.3) is 0 Å². The number of nitrogens with zero attached hydrogens (tertiary/aromatic N) is 2. The highest BCUT2D eigenvalue weighted by Gasteiger charge is 2.13. The molecule has 0 aliphatic rings. The molecule has 0 saturated carbocycles. The van der Waals surface area contributed by atoms with Crippen LogP contribution in [0.5, 0.6) is 0 Å². The van der Waals surface area contributed by atoms with Crippen molar-refractivity contribution in [3.8, 4) is 0 Å². The molecule has 3 rings (SSSR count). The lowest BCUT2D eigenvalue weighted by Crippen LogP contribution is -2.36. The fraction of sp³-hybridized carbons (Fsp3) is 0.333. The molecule has 3 aromatic rings. The molecular formula is C21H26N4O. The Labute approximate surface area is 154 Å². The summed E-state index contributed by atoms with van der Waals surface area (Å²) in [4.78, 5) is 16.3. The van der Waals surface area contributed by atoms with Crippen LogP contribution in [0.1, 0.15) is 37.5 Å². The Bertz CT molecular complexity index is 892. The van der Waals surface area contributed by atoms with Crippen molar-refractivity contribution in [2.45, 2.75) is 39.2 Å². The van der Waals surface area contributed by atoms with Gasteiger partial charge in [-0.3, -0.25) is 0 Å². The lowest BCUT2D eigenvalue weighted by atomic mass is 9.86. The van der Waals surface area contributed by atoms with Gasteiger partial charge in [-0.2, -0.15) is 0 Å². The standard InChI is InChI=1S/C21H26N4O/c1-21(2,3)18-6-4-5-16(13-18)7-9-23-20(26)24-15-17-8-11-25-12-10-22-19(25)14-17/h4-6,8,10-14H,7,9,15H2,1-3H3,(H2,23,24,26). The van der Waals surface area contributed by atoms with Crippen molar-refractivity contribution in [1.29, 1.82) is 0 Å². The molecule has 26 heavy (non-hydrogen) atoms. The highest BCUT2D eigenvalue weighted by Crippen LogP contribution is 2.22. The number of urea groups is 1. The first kappa shape index (κ1) is 18.0. The predicted octanol–water partition coefficient (Wildman–Crippen LogP) is 3.67. The van der Waals surface area contributed by atoms with Crippen LogP contribution in [0.4, 0.5) is 4.79 Å². The van der Waals surface area contributed by atoms with Crippen LogP contribution in [-0.4, -0.2) is 22.0 Å². The van der Waals surface area contributed by atoms with Crippen molar-refractivity contribution in [3.05, 3.63) is 71.7 Å². The largest absolute Gasteiger partial charge is 0.338 e. The summed E-state index contributed by atoms with van der Waals surface area (Å²) in [5, 5.41) is 5.81. The molecule has 0 unspecified atom stereocenters. The van der Waals surface area contributed by atoms with E-state index in [2.05, 4.69) is 60.7 Å². The van der Waals surface area contributed by atoms with E-state index < -0.39 is 0 Å². The average molecular weight is 350 g/mol. The van der Waals surface area contributed by atoms with Crippen LogP contribution in [0, 0.1) is 0 Å². The van der Waals surface area contributed by atoms with Gasteiger partial charge in [0.15, 0.2) is 0 Å². The topological polar surface area (TPSA) is 58.4 Å². The SMILES string of the molecule is CC(C)(C)c1cccc(CCNC(=O)NCc2ccn3ccnc3c2)c1. The molecular weight excluding hydrogens is 324 g/mol. The van der Waals surface area contributed by atoms with Gasteiger partial charge in [0, 0.05) is 31.7 Å². The predicted molar refractivity (Wildman–Crippen MR) is 104 cm³/mol. The summed E-state index contributed by atoms with van der Waals surface area (Å²) in [6.07, 6.45) is 6.42. The molecule has 0 spiro atoms. The van der Waals surface area contributed by atoms with E-state index in [9.17, 15) is 4.79 Å². The number of rotatable bonds is 5. The molecule has 5 heteroatoms. The molecule has 0 aliphatic carbocycles. The van der Waals surface area contributed by atoms with E-state index in [4.69, 9.17) is 0 Å². The number of fused-ring (bicyclic) bond motifs is 1. The van der Waals surface area contributed by atoms with Crippen LogP contribution < -0.4 is 10.6 Å². The number of benzene rings is 1. The first-order valence-electron chi connectivity index (χ1n) is 8.94. The Balaban J connectivity index is 1.45. The second-order valence-corrected chi connectivity index (χ2v) is 7.54. The summed E-state index contributed by atoms with van der Waals surface area (Å²) in [5.74, 6) is 0. The summed E-state index contributed by atoms with van der Waals surface area (Å²) in [6.45, 7) is 7.71. The zero-order valence-corrected chi connectivity index (χ0v) is 15.6. The lowest BCUT2D eigenvalue weighted by molar-refractivity contribution is 0.240. The van der Waals surface area contributed by atoms with Crippen LogP contribution in [0.2, 0.25) is 0 Å². The molecule has 2 N–H and O–H groups in total. The van der Waals surface area contributed by atoms with Crippen molar-refractivity contribution in [2.75, 3.05) is 6.54 Å². The van der Waals surface area contributed by atoms with E-state index in [-0.39, 0.29) is 11.4 Å². The van der Waals surface area contributed by atoms with Crippen molar-refractivity contribution in [2.24, 2.45) is 0 Å². The van der Waals surface area contributed by atoms with Gasteiger partial charge >= 0.3 is 6.03 Å². The summed E-state index contributed by atoms with van der Waals surface area (Å²) >= 11 is 0. The molecule has 136 valence electrons. The molecule has 0 radical (unpaired) electrons. The van der Waals surface area contributed by atoms with E-state index in [1.807, 2.05) is 28.9 Å². The zero-order chi connectivity index (χ0) is 18.6. The van der Waals surface area contributed by atoms with Crippen LogP contribution in [-0.2, 0) is 18.4 Å². The molecule has 2 amide bonds. The Hall–Kier alpha value is -2.82. The van der Waals surface area contributed by atoms with Gasteiger partial charge in [0.2, 0.25) is 0 Å². The number of carbonyl (C=O) groups is 1. The fourth-order valence-corrected chi connectivity index (χ4v) is 2.82. The first-order chi connectivity index (χ1) is 12.4. The minimum Gasteiger partial charge on any atom is -0.338 e. The van der Waals surface area contributed by atoms with Crippen LogP contribution in [0.15, 0.2) is 55.0 Å². The maximum absolute atomic E-state index is 12.0. The Morgan fingerprint density at radius 2 is 1.92 bits per heavy atom. The molecule has 2 heterocycles. The molecule has 5 nitrogen and oxygen atoms in total.